The highest BCUT2D eigenvalue weighted by Crippen LogP contribution is 2.40. The summed E-state index contributed by atoms with van der Waals surface area (Å²) in [7, 11) is 0. The van der Waals surface area contributed by atoms with Crippen molar-refractivity contribution < 1.29 is 0 Å². The van der Waals surface area contributed by atoms with E-state index in [1.807, 2.05) is 0 Å². The van der Waals surface area contributed by atoms with Crippen LogP contribution >= 0.6 is 0 Å². The van der Waals surface area contributed by atoms with Gasteiger partial charge in [0, 0.05) is 49.3 Å². The zero-order chi connectivity index (χ0) is 40.7. The van der Waals surface area contributed by atoms with E-state index in [4.69, 9.17) is 15.0 Å². The Bertz CT molecular complexity index is 3930. The fourth-order valence-electron chi connectivity index (χ4n) is 9.65. The third kappa shape index (κ3) is 5.32. The Hall–Kier alpha value is -8.41. The zero-order valence-corrected chi connectivity index (χ0v) is 33.4. The minimum absolute atomic E-state index is 0.624. The third-order valence-electron chi connectivity index (χ3n) is 12.5. The molecule has 0 aliphatic rings. The lowest BCUT2D eigenvalue weighted by atomic mass is 10.0. The Morgan fingerprint density at radius 2 is 0.806 bits per heavy atom. The Morgan fingerprint density at radius 1 is 0.274 bits per heavy atom. The summed E-state index contributed by atoms with van der Waals surface area (Å²) in [5, 5.41) is 11.7. The average molecular weight is 790 g/mol. The molecule has 0 fully saturated rings. The molecule has 0 atom stereocenters. The second-order valence-corrected chi connectivity index (χ2v) is 16.0. The highest BCUT2D eigenvalue weighted by molar-refractivity contribution is 6.15. The van der Waals surface area contributed by atoms with Crippen LogP contribution in [-0.2, 0) is 0 Å². The molecule has 3 aromatic heterocycles. The summed E-state index contributed by atoms with van der Waals surface area (Å²) in [5.41, 5.74) is 9.67. The zero-order valence-electron chi connectivity index (χ0n) is 33.4. The van der Waals surface area contributed by atoms with E-state index >= 15 is 0 Å². The van der Waals surface area contributed by atoms with Crippen molar-refractivity contribution in [1.82, 2.24) is 24.1 Å². The minimum Gasteiger partial charge on any atom is -0.309 e. The maximum Gasteiger partial charge on any atom is 0.164 e. The summed E-state index contributed by atoms with van der Waals surface area (Å²) < 4.78 is 4.75. The first kappa shape index (κ1) is 34.5. The molecule has 0 amide bonds. The van der Waals surface area contributed by atoms with Gasteiger partial charge in [0.25, 0.3) is 0 Å². The maximum atomic E-state index is 5.35. The van der Waals surface area contributed by atoms with Crippen LogP contribution in [0.5, 0.6) is 0 Å². The molecule has 62 heavy (non-hydrogen) atoms. The molecule has 13 rings (SSSR count). The van der Waals surface area contributed by atoms with Crippen molar-refractivity contribution in [2.45, 2.75) is 0 Å². The summed E-state index contributed by atoms with van der Waals surface area (Å²) in [6.07, 6.45) is 0. The van der Waals surface area contributed by atoms with Crippen LogP contribution in [0.1, 0.15) is 0 Å². The van der Waals surface area contributed by atoms with Gasteiger partial charge in [-0.2, -0.15) is 0 Å². The number of para-hydroxylation sites is 3. The standard InChI is InChI=1S/C57H35N5/c1-2-18-42(19-3-1)61-50-25-10-8-20-45(50)48-34-41(30-31-53(48)61)56-58-55(40-29-28-36-14-4-5-15-37(36)32-40)59-57(60-56)47-24-12-23-44-43(47)22-13-27-52(44)62-51-26-11-9-21-46(51)49-33-38-16-6-7-17-39(38)35-54(49)62/h1-35H. The normalized spacial score (nSPS) is 11.9. The fourth-order valence-corrected chi connectivity index (χ4v) is 9.65. The molecule has 0 aliphatic carbocycles. The maximum absolute atomic E-state index is 5.35. The molecule has 5 nitrogen and oxygen atoms in total. The quantitative estimate of drug-likeness (QED) is 0.174. The van der Waals surface area contributed by atoms with Crippen LogP contribution in [0.3, 0.4) is 0 Å². The predicted octanol–water partition coefficient (Wildman–Crippen LogP) is 14.5. The molecular formula is C57H35N5. The number of aromatic nitrogens is 5. The topological polar surface area (TPSA) is 48.5 Å². The van der Waals surface area contributed by atoms with Crippen molar-refractivity contribution >= 4 is 75.9 Å². The van der Waals surface area contributed by atoms with Gasteiger partial charge in [-0.05, 0) is 93.7 Å². The molecule has 13 aromatic rings. The van der Waals surface area contributed by atoms with Crippen LogP contribution in [0.2, 0.25) is 0 Å². The highest BCUT2D eigenvalue weighted by Gasteiger charge is 2.20. The Labute approximate surface area is 356 Å². The van der Waals surface area contributed by atoms with Gasteiger partial charge in [0.2, 0.25) is 0 Å². The van der Waals surface area contributed by atoms with Crippen molar-refractivity contribution in [3.8, 4) is 45.5 Å². The lowest BCUT2D eigenvalue weighted by Gasteiger charge is -2.15. The van der Waals surface area contributed by atoms with Crippen LogP contribution in [0.15, 0.2) is 212 Å². The summed E-state index contributed by atoms with van der Waals surface area (Å²) in [4.78, 5) is 15.9. The molecule has 0 spiro atoms. The Morgan fingerprint density at radius 3 is 1.58 bits per heavy atom. The fraction of sp³-hybridized carbons (Fsp3) is 0. The number of hydrogen-bond acceptors (Lipinski definition) is 3. The predicted molar refractivity (Wildman–Crippen MR) is 257 cm³/mol. The molecule has 0 saturated carbocycles. The van der Waals surface area contributed by atoms with Crippen LogP contribution < -0.4 is 0 Å². The molecule has 0 N–H and O–H groups in total. The largest absolute Gasteiger partial charge is 0.309 e. The molecule has 288 valence electrons. The van der Waals surface area contributed by atoms with Gasteiger partial charge in [-0.3, -0.25) is 0 Å². The van der Waals surface area contributed by atoms with Gasteiger partial charge in [0.15, 0.2) is 17.5 Å². The lowest BCUT2D eigenvalue weighted by Crippen LogP contribution is -2.01. The smallest absolute Gasteiger partial charge is 0.164 e. The molecule has 0 radical (unpaired) electrons. The highest BCUT2D eigenvalue weighted by atomic mass is 15.0. The van der Waals surface area contributed by atoms with Gasteiger partial charge in [0.1, 0.15) is 0 Å². The number of rotatable bonds is 5. The number of benzene rings is 10. The first-order valence-electron chi connectivity index (χ1n) is 21.0. The summed E-state index contributed by atoms with van der Waals surface area (Å²) >= 11 is 0. The third-order valence-corrected chi connectivity index (χ3v) is 12.5. The molecule has 0 saturated heterocycles. The van der Waals surface area contributed by atoms with Crippen LogP contribution in [-0.4, -0.2) is 24.1 Å². The van der Waals surface area contributed by atoms with Gasteiger partial charge in [-0.25, -0.2) is 15.0 Å². The van der Waals surface area contributed by atoms with E-state index in [9.17, 15) is 0 Å². The SMILES string of the molecule is c1ccc(-n2c3ccccc3c3cc(-c4nc(-c5ccc6ccccc6c5)nc(-c5cccc6c(-n7c8ccccc8c8cc9ccccc9cc87)cccc56)n4)ccc32)cc1. The van der Waals surface area contributed by atoms with E-state index in [2.05, 4.69) is 221 Å². The monoisotopic (exact) mass is 789 g/mol. The van der Waals surface area contributed by atoms with E-state index in [-0.39, 0.29) is 0 Å². The van der Waals surface area contributed by atoms with Crippen molar-refractivity contribution in [1.29, 1.82) is 0 Å². The number of nitrogens with zero attached hydrogens (tertiary/aromatic N) is 5. The molecular weight excluding hydrogens is 755 g/mol. The second-order valence-electron chi connectivity index (χ2n) is 16.0. The first-order valence-corrected chi connectivity index (χ1v) is 21.0. The molecule has 10 aromatic carbocycles. The van der Waals surface area contributed by atoms with Gasteiger partial charge in [0.05, 0.1) is 27.8 Å². The van der Waals surface area contributed by atoms with Crippen LogP contribution in [0.4, 0.5) is 0 Å². The van der Waals surface area contributed by atoms with E-state index in [1.54, 1.807) is 0 Å². The van der Waals surface area contributed by atoms with E-state index in [0.717, 1.165) is 60.6 Å². The van der Waals surface area contributed by atoms with Crippen molar-refractivity contribution in [3.05, 3.63) is 212 Å². The van der Waals surface area contributed by atoms with Crippen molar-refractivity contribution in [2.24, 2.45) is 0 Å². The summed E-state index contributed by atoms with van der Waals surface area (Å²) in [5.74, 6) is 1.88. The van der Waals surface area contributed by atoms with Gasteiger partial charge >= 0.3 is 0 Å². The minimum atomic E-state index is 0.624. The van der Waals surface area contributed by atoms with Gasteiger partial charge in [-0.1, -0.05) is 146 Å². The second kappa shape index (κ2) is 13.6. The Balaban J connectivity index is 1.04. The molecule has 3 heterocycles. The van der Waals surface area contributed by atoms with Crippen LogP contribution in [0.25, 0.3) is 121 Å². The van der Waals surface area contributed by atoms with Crippen LogP contribution in [0, 0.1) is 0 Å². The van der Waals surface area contributed by atoms with Gasteiger partial charge < -0.3 is 9.13 Å². The number of hydrogen-bond donors (Lipinski definition) is 0. The van der Waals surface area contributed by atoms with Gasteiger partial charge in [-0.15, -0.1) is 0 Å². The van der Waals surface area contributed by atoms with E-state index in [0.29, 0.717) is 17.5 Å². The molecule has 0 aliphatic heterocycles. The van der Waals surface area contributed by atoms with E-state index < -0.39 is 0 Å². The molecule has 0 bridgehead atoms. The summed E-state index contributed by atoms with van der Waals surface area (Å²) in [6.45, 7) is 0. The average Bonchev–Trinajstić information content (AvgIpc) is 3.84. The van der Waals surface area contributed by atoms with Crippen molar-refractivity contribution in [2.75, 3.05) is 0 Å². The first-order chi connectivity index (χ1) is 30.7. The molecule has 0 unspecified atom stereocenters. The van der Waals surface area contributed by atoms with Crippen molar-refractivity contribution in [3.63, 3.8) is 0 Å². The lowest BCUT2D eigenvalue weighted by molar-refractivity contribution is 1.08. The Kier molecular flexibility index (Phi) is 7.54. The molecule has 5 heteroatoms. The number of fused-ring (bicyclic) bond motifs is 9. The summed E-state index contributed by atoms with van der Waals surface area (Å²) in [6, 6.07) is 75.7. The van der Waals surface area contributed by atoms with E-state index in [1.165, 1.54) is 43.4 Å².